The van der Waals surface area contributed by atoms with Gasteiger partial charge in [0, 0.05) is 35.3 Å². The Labute approximate surface area is 174 Å². The molecule has 0 aliphatic carbocycles. The molecule has 0 radical (unpaired) electrons. The minimum Gasteiger partial charge on any atom is -0.508 e. The van der Waals surface area contributed by atoms with E-state index in [2.05, 4.69) is 10.3 Å². The van der Waals surface area contributed by atoms with Crippen molar-refractivity contribution in [2.24, 2.45) is 11.7 Å². The molecule has 1 aromatic heterocycles. The number of nitrogens with two attached hydrogens (primary N) is 1. The second-order valence-electron chi connectivity index (χ2n) is 7.44. The molecule has 1 aliphatic heterocycles. The summed E-state index contributed by atoms with van der Waals surface area (Å²) in [6.07, 6.45) is -5.31. The third-order valence-corrected chi connectivity index (χ3v) is 5.56. The van der Waals surface area contributed by atoms with Crippen molar-refractivity contribution in [2.75, 3.05) is 5.32 Å². The van der Waals surface area contributed by atoms with Gasteiger partial charge in [-0.15, -0.1) is 0 Å². The number of phenols is 1. The van der Waals surface area contributed by atoms with Crippen LogP contribution in [-0.2, 0) is 9.53 Å². The second-order valence-corrected chi connectivity index (χ2v) is 7.44. The lowest BCUT2D eigenvalue weighted by Crippen LogP contribution is -2.47. The smallest absolute Gasteiger partial charge is 0.417 e. The fourth-order valence-electron chi connectivity index (χ4n) is 3.68. The van der Waals surface area contributed by atoms with Crippen LogP contribution in [0.3, 0.4) is 0 Å². The number of carbonyl (C=O) groups is 2. The van der Waals surface area contributed by atoms with Gasteiger partial charge in [0.2, 0.25) is 0 Å². The number of rotatable bonds is 4. The number of phenolic OH excluding ortho intramolecular Hbond substituents is 1. The molecule has 2 amide bonds. The van der Waals surface area contributed by atoms with Crippen molar-refractivity contribution in [3.8, 4) is 5.75 Å². The summed E-state index contributed by atoms with van der Waals surface area (Å²) in [7, 11) is 0. The van der Waals surface area contributed by atoms with Gasteiger partial charge in [0.25, 0.3) is 11.8 Å². The van der Waals surface area contributed by atoms with Crippen LogP contribution in [0.4, 0.5) is 23.2 Å². The van der Waals surface area contributed by atoms with Crippen LogP contribution >= 0.6 is 0 Å². The van der Waals surface area contributed by atoms with Gasteiger partial charge in [0.1, 0.15) is 23.4 Å². The van der Waals surface area contributed by atoms with Crippen molar-refractivity contribution >= 4 is 17.5 Å². The van der Waals surface area contributed by atoms with Crippen molar-refractivity contribution in [3.05, 3.63) is 53.6 Å². The number of anilines is 1. The number of ether oxygens (including phenoxy) is 1. The number of hydrogen-bond acceptors (Lipinski definition) is 5. The van der Waals surface area contributed by atoms with Crippen LogP contribution in [0.2, 0.25) is 0 Å². The van der Waals surface area contributed by atoms with E-state index in [0.717, 1.165) is 31.2 Å². The van der Waals surface area contributed by atoms with E-state index < -0.39 is 53.1 Å². The Morgan fingerprint density at radius 2 is 1.94 bits per heavy atom. The summed E-state index contributed by atoms with van der Waals surface area (Å²) < 4.78 is 60.1. The largest absolute Gasteiger partial charge is 0.508 e. The number of alkyl halides is 3. The molecule has 0 saturated carbocycles. The number of carbonyl (C=O) groups excluding carboxylic acids is 2. The van der Waals surface area contributed by atoms with Crippen molar-refractivity contribution in [3.63, 3.8) is 0 Å². The molecule has 2 aromatic rings. The highest BCUT2D eigenvalue weighted by atomic mass is 19.4. The number of aromatic nitrogens is 1. The quantitative estimate of drug-likeness (QED) is 0.631. The third kappa shape index (κ3) is 4.05. The summed E-state index contributed by atoms with van der Waals surface area (Å²) in [4.78, 5) is 27.9. The van der Waals surface area contributed by atoms with Gasteiger partial charge in [-0.25, -0.2) is 4.39 Å². The SMILES string of the molecule is C[C@@H]1[C@@H](c2ccc(F)cc2O)[C@@H](C(=O)Nc2ccnc(C(N)=O)c2)O[C@]1(C)C(F)(F)F. The maximum Gasteiger partial charge on any atom is 0.417 e. The fourth-order valence-corrected chi connectivity index (χ4v) is 3.68. The van der Waals surface area contributed by atoms with Crippen molar-refractivity contribution in [1.29, 1.82) is 0 Å². The van der Waals surface area contributed by atoms with Gasteiger partial charge >= 0.3 is 6.18 Å². The van der Waals surface area contributed by atoms with Gasteiger partial charge in [-0.05, 0) is 25.1 Å². The van der Waals surface area contributed by atoms with Crippen molar-refractivity contribution < 1.29 is 37.0 Å². The first kappa shape index (κ1) is 22.5. The topological polar surface area (TPSA) is 115 Å². The van der Waals surface area contributed by atoms with E-state index in [9.17, 15) is 32.3 Å². The summed E-state index contributed by atoms with van der Waals surface area (Å²) >= 11 is 0. The molecule has 1 saturated heterocycles. The Morgan fingerprint density at radius 3 is 2.52 bits per heavy atom. The van der Waals surface area contributed by atoms with Crippen LogP contribution in [0.25, 0.3) is 0 Å². The Kier molecular flexibility index (Phi) is 5.66. The van der Waals surface area contributed by atoms with Crippen LogP contribution in [0.15, 0.2) is 36.5 Å². The summed E-state index contributed by atoms with van der Waals surface area (Å²) in [6.45, 7) is 2.06. The minimum absolute atomic E-state index is 0.0606. The zero-order chi connectivity index (χ0) is 23.1. The molecule has 3 rings (SSSR count). The van der Waals surface area contributed by atoms with Gasteiger partial charge in [-0.3, -0.25) is 14.6 Å². The number of primary amides is 1. The third-order valence-electron chi connectivity index (χ3n) is 5.56. The van der Waals surface area contributed by atoms with Gasteiger partial charge < -0.3 is 20.9 Å². The van der Waals surface area contributed by atoms with Crippen LogP contribution < -0.4 is 11.1 Å². The van der Waals surface area contributed by atoms with Gasteiger partial charge in [0.15, 0.2) is 5.60 Å². The number of nitrogens with zero attached hydrogens (tertiary/aromatic N) is 1. The van der Waals surface area contributed by atoms with E-state index in [0.29, 0.717) is 0 Å². The molecule has 0 unspecified atom stereocenters. The number of pyridine rings is 1. The first-order chi connectivity index (χ1) is 14.3. The van der Waals surface area contributed by atoms with E-state index in [1.807, 2.05) is 0 Å². The average Bonchev–Trinajstić information content (AvgIpc) is 2.94. The molecule has 1 aliphatic rings. The molecule has 1 fully saturated rings. The highest BCUT2D eigenvalue weighted by molar-refractivity contribution is 5.97. The molecule has 4 atom stereocenters. The summed E-state index contributed by atoms with van der Waals surface area (Å²) in [5, 5.41) is 12.5. The molecule has 7 nitrogen and oxygen atoms in total. The van der Waals surface area contributed by atoms with Gasteiger partial charge in [-0.2, -0.15) is 13.2 Å². The Balaban J connectivity index is 2.01. The lowest BCUT2D eigenvalue weighted by atomic mass is 9.77. The van der Waals surface area contributed by atoms with E-state index >= 15 is 0 Å². The highest BCUT2D eigenvalue weighted by Gasteiger charge is 2.65. The molecule has 0 bridgehead atoms. The molecule has 31 heavy (non-hydrogen) atoms. The van der Waals surface area contributed by atoms with Crippen LogP contribution in [-0.4, -0.2) is 39.8 Å². The normalized spacial score (nSPS) is 25.9. The predicted molar refractivity (Wildman–Crippen MR) is 101 cm³/mol. The van der Waals surface area contributed by atoms with Crippen molar-refractivity contribution in [1.82, 2.24) is 4.98 Å². The molecular formula is C20H19F4N3O4. The van der Waals surface area contributed by atoms with Crippen LogP contribution in [0, 0.1) is 11.7 Å². The first-order valence-electron chi connectivity index (χ1n) is 9.15. The summed E-state index contributed by atoms with van der Waals surface area (Å²) in [5.74, 6) is -5.74. The van der Waals surface area contributed by atoms with E-state index in [-0.39, 0.29) is 16.9 Å². The number of nitrogens with one attached hydrogen (secondary N) is 1. The number of hydrogen-bond donors (Lipinski definition) is 3. The highest BCUT2D eigenvalue weighted by Crippen LogP contribution is 2.54. The zero-order valence-electron chi connectivity index (χ0n) is 16.4. The maximum atomic E-state index is 13.8. The number of amides is 2. The van der Waals surface area contributed by atoms with Crippen molar-refractivity contribution in [2.45, 2.75) is 37.6 Å². The molecule has 2 heterocycles. The molecule has 1 aromatic carbocycles. The molecular weight excluding hydrogens is 422 g/mol. The molecule has 0 spiro atoms. The molecule has 11 heteroatoms. The first-order valence-corrected chi connectivity index (χ1v) is 9.15. The zero-order valence-corrected chi connectivity index (χ0v) is 16.4. The van der Waals surface area contributed by atoms with E-state index in [4.69, 9.17) is 10.5 Å². The number of halogens is 4. The van der Waals surface area contributed by atoms with Gasteiger partial charge in [0.05, 0.1) is 0 Å². The second kappa shape index (κ2) is 7.80. The number of aromatic hydroxyl groups is 1. The lowest BCUT2D eigenvalue weighted by Gasteiger charge is -2.31. The minimum atomic E-state index is -4.83. The Hall–Kier alpha value is -3.21. The lowest BCUT2D eigenvalue weighted by molar-refractivity contribution is -0.272. The average molecular weight is 441 g/mol. The summed E-state index contributed by atoms with van der Waals surface area (Å²) in [6, 6.07) is 5.32. The van der Waals surface area contributed by atoms with Gasteiger partial charge in [-0.1, -0.05) is 13.0 Å². The van der Waals surface area contributed by atoms with E-state index in [1.165, 1.54) is 19.2 Å². The fraction of sp³-hybridized carbons (Fsp3) is 0.350. The predicted octanol–water partition coefficient (Wildman–Crippen LogP) is 3.10. The van der Waals surface area contributed by atoms with E-state index in [1.54, 1.807) is 0 Å². The molecule has 166 valence electrons. The standard InChI is InChI=1S/C20H19F4N3O4/c1-9-15(12-4-3-10(21)7-14(12)28)16(31-19(9,2)20(22,23)24)18(30)27-11-5-6-26-13(8-11)17(25)29/h3-9,15-16,28H,1-2H3,(H2,25,29)(H,26,27,30)/t9-,15+,16+,19+/m1/s1. The summed E-state index contributed by atoms with van der Waals surface area (Å²) in [5.41, 5.74) is 2.27. The number of benzene rings is 1. The Morgan fingerprint density at radius 1 is 1.26 bits per heavy atom. The molecule has 4 N–H and O–H groups in total. The van der Waals surface area contributed by atoms with Crippen LogP contribution in [0.1, 0.15) is 35.8 Å². The van der Waals surface area contributed by atoms with Crippen LogP contribution in [0.5, 0.6) is 5.75 Å². The Bertz CT molecular complexity index is 1030. The monoisotopic (exact) mass is 441 g/mol. The maximum absolute atomic E-state index is 13.8.